The van der Waals surface area contributed by atoms with Crippen LogP contribution in [0.3, 0.4) is 0 Å². The highest BCUT2D eigenvalue weighted by atomic mass is 32.2. The molecule has 1 aromatic heterocycles. The van der Waals surface area contributed by atoms with Crippen LogP contribution in [0.25, 0.3) is 10.9 Å². The zero-order valence-corrected chi connectivity index (χ0v) is 16.4. The number of ether oxygens (including phenoxy) is 2. The van der Waals surface area contributed by atoms with Crippen LogP contribution in [0.2, 0.25) is 0 Å². The molecule has 0 aliphatic heterocycles. The molecule has 6 heteroatoms. The predicted molar refractivity (Wildman–Crippen MR) is 110 cm³/mol. The minimum absolute atomic E-state index is 0.122. The number of rotatable bonds is 7. The van der Waals surface area contributed by atoms with E-state index < -0.39 is 0 Å². The van der Waals surface area contributed by atoms with Gasteiger partial charge in [-0.2, -0.15) is 0 Å². The van der Waals surface area contributed by atoms with E-state index in [0.29, 0.717) is 17.2 Å². The van der Waals surface area contributed by atoms with Crippen LogP contribution in [-0.2, 0) is 11.2 Å². The van der Waals surface area contributed by atoms with E-state index in [9.17, 15) is 4.79 Å². The van der Waals surface area contributed by atoms with Gasteiger partial charge in [0.25, 0.3) is 0 Å². The maximum absolute atomic E-state index is 12.5. The molecule has 0 bridgehead atoms. The summed E-state index contributed by atoms with van der Waals surface area (Å²) in [6.07, 6.45) is 0.867. The Morgan fingerprint density at radius 1 is 1.11 bits per heavy atom. The molecule has 0 aliphatic carbocycles. The van der Waals surface area contributed by atoms with Crippen LogP contribution >= 0.6 is 11.8 Å². The number of nitrogens with one attached hydrogen (secondary N) is 1. The summed E-state index contributed by atoms with van der Waals surface area (Å²) in [5, 5.41) is 4.90. The van der Waals surface area contributed by atoms with Crippen molar-refractivity contribution >= 4 is 34.3 Å². The van der Waals surface area contributed by atoms with Gasteiger partial charge in [0.15, 0.2) is 0 Å². The lowest BCUT2D eigenvalue weighted by molar-refractivity contribution is -0.113. The molecule has 1 heterocycles. The van der Waals surface area contributed by atoms with E-state index in [1.165, 1.54) is 11.8 Å². The van der Waals surface area contributed by atoms with Gasteiger partial charge in [-0.05, 0) is 36.2 Å². The number of pyridine rings is 1. The first-order valence-electron chi connectivity index (χ1n) is 8.68. The quantitative estimate of drug-likeness (QED) is 0.608. The third-order valence-corrected chi connectivity index (χ3v) is 5.20. The second kappa shape index (κ2) is 8.77. The normalized spacial score (nSPS) is 10.6. The summed E-state index contributed by atoms with van der Waals surface area (Å²) >= 11 is 1.44. The number of carbonyl (C=O) groups is 1. The number of hydrogen-bond acceptors (Lipinski definition) is 5. The summed E-state index contributed by atoms with van der Waals surface area (Å²) in [5.41, 5.74) is 2.67. The molecule has 0 atom stereocenters. The van der Waals surface area contributed by atoms with Gasteiger partial charge in [0.05, 0.1) is 31.2 Å². The lowest BCUT2D eigenvalue weighted by Crippen LogP contribution is -2.15. The number of nitrogens with zero attached hydrogens (tertiary/aromatic N) is 1. The van der Waals surface area contributed by atoms with Crippen molar-refractivity contribution in [3.63, 3.8) is 0 Å². The van der Waals surface area contributed by atoms with Gasteiger partial charge in [0.2, 0.25) is 5.91 Å². The van der Waals surface area contributed by atoms with Crippen molar-refractivity contribution in [3.05, 3.63) is 54.1 Å². The van der Waals surface area contributed by atoms with Gasteiger partial charge in [0.1, 0.15) is 16.5 Å². The van der Waals surface area contributed by atoms with Crippen molar-refractivity contribution in [3.8, 4) is 11.5 Å². The molecule has 140 valence electrons. The van der Waals surface area contributed by atoms with E-state index >= 15 is 0 Å². The monoisotopic (exact) mass is 382 g/mol. The van der Waals surface area contributed by atoms with Gasteiger partial charge in [-0.15, -0.1) is 0 Å². The fourth-order valence-corrected chi connectivity index (χ4v) is 3.64. The first kappa shape index (κ1) is 19.0. The Morgan fingerprint density at radius 2 is 1.93 bits per heavy atom. The van der Waals surface area contributed by atoms with E-state index in [4.69, 9.17) is 14.5 Å². The third kappa shape index (κ3) is 4.52. The maximum atomic E-state index is 12.5. The Labute approximate surface area is 163 Å². The van der Waals surface area contributed by atoms with E-state index in [1.54, 1.807) is 32.4 Å². The van der Waals surface area contributed by atoms with Gasteiger partial charge in [-0.3, -0.25) is 4.79 Å². The van der Waals surface area contributed by atoms with E-state index in [-0.39, 0.29) is 11.7 Å². The highest BCUT2D eigenvalue weighted by Crippen LogP contribution is 2.30. The summed E-state index contributed by atoms with van der Waals surface area (Å²) in [6, 6.07) is 15.5. The van der Waals surface area contributed by atoms with Crippen LogP contribution in [0.15, 0.2) is 53.6 Å². The van der Waals surface area contributed by atoms with Crippen molar-refractivity contribution in [1.82, 2.24) is 4.98 Å². The van der Waals surface area contributed by atoms with Crippen LogP contribution in [0.1, 0.15) is 12.5 Å². The zero-order valence-electron chi connectivity index (χ0n) is 15.6. The summed E-state index contributed by atoms with van der Waals surface area (Å²) in [4.78, 5) is 17.2. The van der Waals surface area contributed by atoms with Gasteiger partial charge in [-0.1, -0.05) is 36.9 Å². The third-order valence-electron chi connectivity index (χ3n) is 4.16. The number of hydrogen-bond donors (Lipinski definition) is 1. The lowest BCUT2D eigenvalue weighted by atomic mass is 10.1. The number of fused-ring (bicyclic) bond motifs is 1. The van der Waals surface area contributed by atoms with Gasteiger partial charge < -0.3 is 14.8 Å². The minimum atomic E-state index is -0.122. The number of aromatic nitrogens is 1. The molecule has 1 N–H and O–H groups in total. The SMILES string of the molecule is CCc1cc2ccccc2nc1SCC(=O)Nc1cc(OC)ccc1OC. The van der Waals surface area contributed by atoms with Gasteiger partial charge in [-0.25, -0.2) is 4.98 Å². The predicted octanol–water partition coefficient (Wildman–Crippen LogP) is 4.55. The van der Waals surface area contributed by atoms with Crippen molar-refractivity contribution in [2.24, 2.45) is 0 Å². The molecule has 3 rings (SSSR count). The number of methoxy groups -OCH3 is 2. The second-order valence-corrected chi connectivity index (χ2v) is 6.87. The number of anilines is 1. The van der Waals surface area contributed by atoms with E-state index in [0.717, 1.165) is 27.9 Å². The van der Waals surface area contributed by atoms with Crippen LogP contribution in [0.5, 0.6) is 11.5 Å². The van der Waals surface area contributed by atoms with Crippen molar-refractivity contribution in [1.29, 1.82) is 0 Å². The van der Waals surface area contributed by atoms with Crippen LogP contribution < -0.4 is 14.8 Å². The lowest BCUT2D eigenvalue weighted by Gasteiger charge is -2.12. The first-order valence-corrected chi connectivity index (χ1v) is 9.66. The fourth-order valence-electron chi connectivity index (χ4n) is 2.75. The molecule has 2 aromatic carbocycles. The molecule has 3 aromatic rings. The molecule has 0 fully saturated rings. The Morgan fingerprint density at radius 3 is 2.67 bits per heavy atom. The number of amides is 1. The van der Waals surface area contributed by atoms with Crippen LogP contribution in [0.4, 0.5) is 5.69 Å². The van der Waals surface area contributed by atoms with E-state index in [1.807, 2.05) is 18.2 Å². The van der Waals surface area contributed by atoms with Gasteiger partial charge >= 0.3 is 0 Å². The van der Waals surface area contributed by atoms with E-state index in [2.05, 4.69) is 24.4 Å². The number of benzene rings is 2. The van der Waals surface area contributed by atoms with Crippen molar-refractivity contribution in [2.45, 2.75) is 18.4 Å². The highest BCUT2D eigenvalue weighted by Gasteiger charge is 2.12. The smallest absolute Gasteiger partial charge is 0.234 e. The Bertz CT molecular complexity index is 959. The van der Waals surface area contributed by atoms with Gasteiger partial charge in [0, 0.05) is 11.5 Å². The average Bonchev–Trinajstić information content (AvgIpc) is 2.71. The molecule has 5 nitrogen and oxygen atoms in total. The maximum Gasteiger partial charge on any atom is 0.234 e. The van der Waals surface area contributed by atoms with Crippen LogP contribution in [-0.4, -0.2) is 30.9 Å². The molecule has 0 radical (unpaired) electrons. The molecule has 0 saturated heterocycles. The number of para-hydroxylation sites is 1. The van der Waals surface area contributed by atoms with Crippen molar-refractivity contribution < 1.29 is 14.3 Å². The number of aryl methyl sites for hydroxylation is 1. The Kier molecular flexibility index (Phi) is 6.19. The molecule has 1 amide bonds. The number of thioether (sulfide) groups is 1. The summed E-state index contributed by atoms with van der Waals surface area (Å²) < 4.78 is 10.5. The molecular formula is C21H22N2O3S. The summed E-state index contributed by atoms with van der Waals surface area (Å²) in [7, 11) is 3.15. The topological polar surface area (TPSA) is 60.5 Å². The number of carbonyl (C=O) groups excluding carboxylic acids is 1. The summed E-state index contributed by atoms with van der Waals surface area (Å²) in [5.74, 6) is 1.39. The average molecular weight is 382 g/mol. The standard InChI is InChI=1S/C21H22N2O3S/c1-4-14-11-15-7-5-6-8-17(15)23-21(14)27-13-20(24)22-18-12-16(25-2)9-10-19(18)26-3/h5-12H,4,13H2,1-3H3,(H,22,24). The largest absolute Gasteiger partial charge is 0.497 e. The first-order chi connectivity index (χ1) is 13.1. The molecule has 0 unspecified atom stereocenters. The molecular weight excluding hydrogens is 360 g/mol. The van der Waals surface area contributed by atoms with Crippen LogP contribution in [0, 0.1) is 0 Å². The Hall–Kier alpha value is -2.73. The molecule has 0 spiro atoms. The fraction of sp³-hybridized carbons (Fsp3) is 0.238. The van der Waals surface area contributed by atoms with Crippen molar-refractivity contribution in [2.75, 3.05) is 25.3 Å². The summed E-state index contributed by atoms with van der Waals surface area (Å²) in [6.45, 7) is 2.09. The molecule has 0 aliphatic rings. The highest BCUT2D eigenvalue weighted by molar-refractivity contribution is 8.00. The molecule has 0 saturated carbocycles. The molecule has 27 heavy (non-hydrogen) atoms. The zero-order chi connectivity index (χ0) is 19.2. The minimum Gasteiger partial charge on any atom is -0.497 e. The second-order valence-electron chi connectivity index (χ2n) is 5.90. The Balaban J connectivity index is 1.73.